The highest BCUT2D eigenvalue weighted by Gasteiger charge is 2.24. The first-order valence-electron chi connectivity index (χ1n) is 10.5. The van der Waals surface area contributed by atoms with E-state index in [2.05, 4.69) is 41.3 Å². The normalized spacial score (nSPS) is 20.6. The number of ether oxygens (including phenoxy) is 2. The van der Waals surface area contributed by atoms with Crippen molar-refractivity contribution in [2.45, 2.75) is 18.9 Å². The van der Waals surface area contributed by atoms with Crippen LogP contribution in [0.2, 0.25) is 0 Å². The van der Waals surface area contributed by atoms with Crippen molar-refractivity contribution in [2.75, 3.05) is 52.5 Å². The van der Waals surface area contributed by atoms with E-state index in [1.165, 1.54) is 5.56 Å². The molecule has 154 valence electrons. The van der Waals surface area contributed by atoms with Crippen LogP contribution < -0.4 is 0 Å². The summed E-state index contributed by atoms with van der Waals surface area (Å²) < 4.78 is 11.3. The van der Waals surface area contributed by atoms with Gasteiger partial charge < -0.3 is 14.4 Å². The third-order valence-electron chi connectivity index (χ3n) is 5.54. The number of aromatic nitrogens is 1. The minimum absolute atomic E-state index is 0.0436. The number of carbonyl (C=O) groups excluding carboxylic acids is 1. The summed E-state index contributed by atoms with van der Waals surface area (Å²) in [5.74, 6) is 0.222. The van der Waals surface area contributed by atoms with Crippen molar-refractivity contribution in [3.63, 3.8) is 0 Å². The predicted octanol–water partition coefficient (Wildman–Crippen LogP) is 2.29. The molecule has 6 heteroatoms. The van der Waals surface area contributed by atoms with Gasteiger partial charge in [0.25, 0.3) is 0 Å². The van der Waals surface area contributed by atoms with E-state index in [9.17, 15) is 4.79 Å². The average molecular weight is 396 g/mol. The summed E-state index contributed by atoms with van der Waals surface area (Å²) in [6.07, 6.45) is 1.32. The number of amides is 1. The van der Waals surface area contributed by atoms with Gasteiger partial charge in [-0.25, -0.2) is 0 Å². The molecule has 6 nitrogen and oxygen atoms in total. The fourth-order valence-corrected chi connectivity index (χ4v) is 3.89. The van der Waals surface area contributed by atoms with E-state index in [1.54, 1.807) is 0 Å². The van der Waals surface area contributed by atoms with Gasteiger partial charge in [-0.1, -0.05) is 36.4 Å². The fraction of sp³-hybridized carbons (Fsp3) is 0.478. The minimum atomic E-state index is -0.0436. The molecule has 1 aromatic heterocycles. The molecule has 1 amide bonds. The molecule has 3 heterocycles. The van der Waals surface area contributed by atoms with Crippen LogP contribution in [0.5, 0.6) is 0 Å². The standard InChI is InChI=1S/C23H29N3O3/c27-23(26-12-14-28-15-13-26)9-10-25-11-16-29-22(18-25)21-8-4-7-20(24-21)17-19-5-2-1-3-6-19/h1-8,22H,9-18H2/t22-/m0/s1. The Hall–Kier alpha value is -2.28. The molecule has 2 aromatic rings. The Labute approximate surface area is 172 Å². The molecule has 0 spiro atoms. The van der Waals surface area contributed by atoms with Gasteiger partial charge in [0.1, 0.15) is 6.10 Å². The van der Waals surface area contributed by atoms with Gasteiger partial charge in [-0.15, -0.1) is 0 Å². The van der Waals surface area contributed by atoms with E-state index in [0.717, 1.165) is 37.4 Å². The number of rotatable bonds is 6. The van der Waals surface area contributed by atoms with Crippen molar-refractivity contribution in [1.82, 2.24) is 14.8 Å². The summed E-state index contributed by atoms with van der Waals surface area (Å²) in [5.41, 5.74) is 3.28. The predicted molar refractivity (Wildman–Crippen MR) is 111 cm³/mol. The molecular formula is C23H29N3O3. The van der Waals surface area contributed by atoms with Crippen LogP contribution in [-0.2, 0) is 20.7 Å². The van der Waals surface area contributed by atoms with E-state index in [0.29, 0.717) is 39.3 Å². The van der Waals surface area contributed by atoms with Gasteiger partial charge in [0.15, 0.2) is 0 Å². The van der Waals surface area contributed by atoms with E-state index in [-0.39, 0.29) is 12.0 Å². The number of carbonyl (C=O) groups is 1. The van der Waals surface area contributed by atoms with Gasteiger partial charge in [-0.3, -0.25) is 14.7 Å². The van der Waals surface area contributed by atoms with Crippen molar-refractivity contribution < 1.29 is 14.3 Å². The molecule has 4 rings (SSSR count). The largest absolute Gasteiger partial charge is 0.378 e. The van der Waals surface area contributed by atoms with Crippen LogP contribution in [0.4, 0.5) is 0 Å². The monoisotopic (exact) mass is 395 g/mol. The van der Waals surface area contributed by atoms with Crippen molar-refractivity contribution >= 4 is 5.91 Å². The first kappa shape index (κ1) is 20.0. The summed E-state index contributed by atoms with van der Waals surface area (Å²) in [7, 11) is 0. The van der Waals surface area contributed by atoms with Crippen molar-refractivity contribution in [3.8, 4) is 0 Å². The average Bonchev–Trinajstić information content (AvgIpc) is 2.79. The molecular weight excluding hydrogens is 366 g/mol. The maximum atomic E-state index is 12.4. The van der Waals surface area contributed by atoms with Crippen molar-refractivity contribution in [3.05, 3.63) is 65.5 Å². The molecule has 0 radical (unpaired) electrons. The first-order valence-corrected chi connectivity index (χ1v) is 10.5. The third-order valence-corrected chi connectivity index (χ3v) is 5.54. The van der Waals surface area contributed by atoms with Crippen LogP contribution in [0.1, 0.15) is 29.5 Å². The summed E-state index contributed by atoms with van der Waals surface area (Å²) >= 11 is 0. The molecule has 2 aliphatic rings. The molecule has 0 saturated carbocycles. The highest BCUT2D eigenvalue weighted by atomic mass is 16.5. The van der Waals surface area contributed by atoms with Crippen LogP contribution in [0, 0.1) is 0 Å². The highest BCUT2D eigenvalue weighted by Crippen LogP contribution is 2.22. The Morgan fingerprint density at radius 1 is 1.00 bits per heavy atom. The van der Waals surface area contributed by atoms with Crippen molar-refractivity contribution in [1.29, 1.82) is 0 Å². The highest BCUT2D eigenvalue weighted by molar-refractivity contribution is 5.76. The van der Waals surface area contributed by atoms with Crippen LogP contribution in [0.3, 0.4) is 0 Å². The SMILES string of the molecule is O=C(CCN1CCO[C@H](c2cccc(Cc3ccccc3)n2)C1)N1CCOCC1. The van der Waals surface area contributed by atoms with E-state index in [1.807, 2.05) is 17.0 Å². The molecule has 2 aliphatic heterocycles. The molecule has 0 N–H and O–H groups in total. The number of pyridine rings is 1. The lowest BCUT2D eigenvalue weighted by atomic mass is 10.1. The Bertz CT molecular complexity index is 793. The Kier molecular flexibility index (Phi) is 6.87. The molecule has 0 unspecified atom stereocenters. The fourth-order valence-electron chi connectivity index (χ4n) is 3.89. The van der Waals surface area contributed by atoms with E-state index < -0.39 is 0 Å². The second kappa shape index (κ2) is 9.96. The second-order valence-electron chi connectivity index (χ2n) is 7.62. The van der Waals surface area contributed by atoms with Gasteiger partial charge >= 0.3 is 0 Å². The lowest BCUT2D eigenvalue weighted by Gasteiger charge is -2.33. The molecule has 2 fully saturated rings. The molecule has 1 aromatic carbocycles. The second-order valence-corrected chi connectivity index (χ2v) is 7.62. The van der Waals surface area contributed by atoms with Gasteiger partial charge in [-0.05, 0) is 17.7 Å². The lowest BCUT2D eigenvalue weighted by Crippen LogP contribution is -2.44. The molecule has 1 atom stereocenters. The van der Waals surface area contributed by atoms with Gasteiger partial charge in [-0.2, -0.15) is 0 Å². The lowest BCUT2D eigenvalue weighted by molar-refractivity contribution is -0.136. The van der Waals surface area contributed by atoms with Crippen molar-refractivity contribution in [2.24, 2.45) is 0 Å². The summed E-state index contributed by atoms with van der Waals surface area (Å²) in [5, 5.41) is 0. The van der Waals surface area contributed by atoms with Crippen LogP contribution in [-0.4, -0.2) is 73.2 Å². The molecule has 2 saturated heterocycles. The Morgan fingerprint density at radius 3 is 2.66 bits per heavy atom. The quantitative estimate of drug-likeness (QED) is 0.751. The van der Waals surface area contributed by atoms with Crippen LogP contribution >= 0.6 is 0 Å². The van der Waals surface area contributed by atoms with Gasteiger partial charge in [0.05, 0.1) is 25.5 Å². The van der Waals surface area contributed by atoms with Gasteiger partial charge in [0.2, 0.25) is 5.91 Å². The first-order chi connectivity index (χ1) is 14.3. The third kappa shape index (κ3) is 5.63. The maximum Gasteiger partial charge on any atom is 0.224 e. The number of hydrogen-bond acceptors (Lipinski definition) is 5. The molecule has 0 bridgehead atoms. The number of hydrogen-bond donors (Lipinski definition) is 0. The minimum Gasteiger partial charge on any atom is -0.378 e. The summed E-state index contributed by atoms with van der Waals surface area (Å²) in [6.45, 7) is 5.79. The number of morpholine rings is 2. The zero-order valence-corrected chi connectivity index (χ0v) is 16.8. The smallest absolute Gasteiger partial charge is 0.224 e. The Balaban J connectivity index is 1.32. The molecule has 29 heavy (non-hydrogen) atoms. The van der Waals surface area contributed by atoms with Crippen LogP contribution in [0.25, 0.3) is 0 Å². The van der Waals surface area contributed by atoms with Crippen LogP contribution in [0.15, 0.2) is 48.5 Å². The Morgan fingerprint density at radius 2 is 1.83 bits per heavy atom. The van der Waals surface area contributed by atoms with Gasteiger partial charge in [0, 0.05) is 51.3 Å². The number of nitrogens with zero attached hydrogens (tertiary/aromatic N) is 3. The zero-order chi connectivity index (χ0) is 19.9. The summed E-state index contributed by atoms with van der Waals surface area (Å²) in [6, 6.07) is 16.6. The number of benzene rings is 1. The summed E-state index contributed by atoms with van der Waals surface area (Å²) in [4.78, 5) is 21.5. The van der Waals surface area contributed by atoms with E-state index in [4.69, 9.17) is 14.5 Å². The van der Waals surface area contributed by atoms with E-state index >= 15 is 0 Å². The maximum absolute atomic E-state index is 12.4. The topological polar surface area (TPSA) is 54.9 Å². The molecule has 0 aliphatic carbocycles. The zero-order valence-electron chi connectivity index (χ0n) is 16.8.